The SMILES string of the molecule is CN(C)C[C@@H]1CN(Cc2nc(-c3cccs3)n[nH]2)CCO1. The van der Waals surface area contributed by atoms with E-state index in [-0.39, 0.29) is 6.10 Å². The maximum Gasteiger partial charge on any atom is 0.191 e. The Morgan fingerprint density at radius 1 is 1.52 bits per heavy atom. The van der Waals surface area contributed by atoms with E-state index in [2.05, 4.69) is 39.1 Å². The highest BCUT2D eigenvalue weighted by Crippen LogP contribution is 2.20. The van der Waals surface area contributed by atoms with Crippen LogP contribution < -0.4 is 0 Å². The summed E-state index contributed by atoms with van der Waals surface area (Å²) in [4.78, 5) is 10.2. The molecule has 0 radical (unpaired) electrons. The van der Waals surface area contributed by atoms with E-state index in [4.69, 9.17) is 4.74 Å². The first-order valence-corrected chi connectivity index (χ1v) is 8.02. The van der Waals surface area contributed by atoms with Crippen molar-refractivity contribution in [3.63, 3.8) is 0 Å². The normalized spacial score (nSPS) is 20.2. The monoisotopic (exact) mass is 307 g/mol. The molecule has 2 aromatic heterocycles. The molecule has 0 amide bonds. The van der Waals surface area contributed by atoms with E-state index < -0.39 is 0 Å². The molecule has 2 aromatic rings. The number of rotatable bonds is 5. The van der Waals surface area contributed by atoms with Crippen molar-refractivity contribution in [2.45, 2.75) is 12.6 Å². The van der Waals surface area contributed by atoms with Gasteiger partial charge in [0.2, 0.25) is 0 Å². The summed E-state index contributed by atoms with van der Waals surface area (Å²) in [6, 6.07) is 4.06. The number of likely N-dealkylation sites (N-methyl/N-ethyl adjacent to an activating group) is 1. The van der Waals surface area contributed by atoms with Crippen LogP contribution in [-0.4, -0.2) is 71.4 Å². The number of H-pyrrole nitrogens is 1. The van der Waals surface area contributed by atoms with Crippen molar-refractivity contribution in [3.05, 3.63) is 23.3 Å². The van der Waals surface area contributed by atoms with Gasteiger partial charge in [-0.3, -0.25) is 10.00 Å². The van der Waals surface area contributed by atoms with Crippen molar-refractivity contribution >= 4 is 11.3 Å². The molecule has 1 saturated heterocycles. The van der Waals surface area contributed by atoms with Crippen molar-refractivity contribution in [2.24, 2.45) is 0 Å². The third kappa shape index (κ3) is 3.88. The van der Waals surface area contributed by atoms with Crippen LogP contribution in [-0.2, 0) is 11.3 Å². The molecule has 1 N–H and O–H groups in total. The number of hydrogen-bond acceptors (Lipinski definition) is 6. The van der Waals surface area contributed by atoms with Gasteiger partial charge in [-0.05, 0) is 25.5 Å². The molecule has 0 bridgehead atoms. The second-order valence-corrected chi connectivity index (χ2v) is 6.52. The molecule has 1 atom stereocenters. The highest BCUT2D eigenvalue weighted by molar-refractivity contribution is 7.13. The van der Waals surface area contributed by atoms with Crippen molar-refractivity contribution in [1.82, 2.24) is 25.0 Å². The minimum atomic E-state index is 0.272. The number of aromatic nitrogens is 3. The lowest BCUT2D eigenvalue weighted by molar-refractivity contribution is -0.0413. The number of nitrogens with zero attached hydrogens (tertiary/aromatic N) is 4. The number of ether oxygens (including phenoxy) is 1. The molecule has 114 valence electrons. The molecule has 3 rings (SSSR count). The first-order chi connectivity index (χ1) is 10.2. The second kappa shape index (κ2) is 6.65. The number of nitrogens with one attached hydrogen (secondary N) is 1. The fourth-order valence-electron chi connectivity index (χ4n) is 2.54. The molecule has 1 aliphatic heterocycles. The highest BCUT2D eigenvalue weighted by Gasteiger charge is 2.22. The zero-order chi connectivity index (χ0) is 14.7. The first-order valence-electron chi connectivity index (χ1n) is 7.14. The molecule has 21 heavy (non-hydrogen) atoms. The van der Waals surface area contributed by atoms with Crippen molar-refractivity contribution in [1.29, 1.82) is 0 Å². The Morgan fingerprint density at radius 3 is 3.19 bits per heavy atom. The van der Waals surface area contributed by atoms with E-state index in [9.17, 15) is 0 Å². The minimum Gasteiger partial charge on any atom is -0.374 e. The average Bonchev–Trinajstić information content (AvgIpc) is 3.08. The summed E-state index contributed by atoms with van der Waals surface area (Å²) in [5, 5.41) is 9.39. The summed E-state index contributed by atoms with van der Waals surface area (Å²) in [6.45, 7) is 4.41. The van der Waals surface area contributed by atoms with Crippen LogP contribution in [0.25, 0.3) is 10.7 Å². The van der Waals surface area contributed by atoms with Crippen LogP contribution in [0.5, 0.6) is 0 Å². The van der Waals surface area contributed by atoms with Crippen LogP contribution in [0.4, 0.5) is 0 Å². The highest BCUT2D eigenvalue weighted by atomic mass is 32.1. The maximum absolute atomic E-state index is 5.79. The molecule has 7 heteroatoms. The largest absolute Gasteiger partial charge is 0.374 e. The topological polar surface area (TPSA) is 57.3 Å². The predicted octanol–water partition coefficient (Wildman–Crippen LogP) is 1.30. The van der Waals surface area contributed by atoms with E-state index in [0.29, 0.717) is 0 Å². The molecule has 0 spiro atoms. The molecular formula is C14H21N5OS. The van der Waals surface area contributed by atoms with Crippen LogP contribution >= 0.6 is 11.3 Å². The standard InChI is InChI=1S/C14H21N5OS/c1-18(2)8-11-9-19(5-6-20-11)10-13-15-14(17-16-13)12-4-3-7-21-12/h3-4,7,11H,5-6,8-10H2,1-2H3,(H,15,16,17)/t11-/m1/s1. The zero-order valence-electron chi connectivity index (χ0n) is 12.5. The lowest BCUT2D eigenvalue weighted by atomic mass is 10.2. The van der Waals surface area contributed by atoms with Gasteiger partial charge in [-0.2, -0.15) is 5.10 Å². The van der Waals surface area contributed by atoms with Crippen LogP contribution in [0.1, 0.15) is 5.82 Å². The van der Waals surface area contributed by atoms with E-state index in [1.54, 1.807) is 11.3 Å². The van der Waals surface area contributed by atoms with Crippen molar-refractivity contribution in [2.75, 3.05) is 40.3 Å². The summed E-state index contributed by atoms with van der Waals surface area (Å²) < 4.78 is 5.79. The van der Waals surface area contributed by atoms with Gasteiger partial charge in [-0.25, -0.2) is 4.98 Å². The third-order valence-corrected chi connectivity index (χ3v) is 4.30. The van der Waals surface area contributed by atoms with E-state index in [1.807, 2.05) is 17.5 Å². The van der Waals surface area contributed by atoms with Gasteiger partial charge in [-0.1, -0.05) is 6.07 Å². The smallest absolute Gasteiger partial charge is 0.191 e. The van der Waals surface area contributed by atoms with Crippen LogP contribution in [0.3, 0.4) is 0 Å². The average molecular weight is 307 g/mol. The molecule has 0 aromatic carbocycles. The zero-order valence-corrected chi connectivity index (χ0v) is 13.3. The molecule has 6 nitrogen and oxygen atoms in total. The molecule has 0 unspecified atom stereocenters. The summed E-state index contributed by atoms with van der Waals surface area (Å²) in [5.41, 5.74) is 0. The Kier molecular flexibility index (Phi) is 4.64. The Hall–Kier alpha value is -1.28. The van der Waals surface area contributed by atoms with Gasteiger partial charge in [0, 0.05) is 19.6 Å². The van der Waals surface area contributed by atoms with Gasteiger partial charge in [0.1, 0.15) is 5.82 Å². The van der Waals surface area contributed by atoms with E-state index in [1.165, 1.54) is 0 Å². The lowest BCUT2D eigenvalue weighted by Gasteiger charge is -2.33. The number of aromatic amines is 1. The van der Waals surface area contributed by atoms with Gasteiger partial charge >= 0.3 is 0 Å². The fraction of sp³-hybridized carbons (Fsp3) is 0.571. The predicted molar refractivity (Wildman–Crippen MR) is 83.3 cm³/mol. The van der Waals surface area contributed by atoms with Gasteiger partial charge in [-0.15, -0.1) is 11.3 Å². The first kappa shape index (κ1) is 14.6. The van der Waals surface area contributed by atoms with Gasteiger partial charge < -0.3 is 9.64 Å². The molecule has 3 heterocycles. The lowest BCUT2D eigenvalue weighted by Crippen LogP contribution is -2.46. The Balaban J connectivity index is 1.59. The maximum atomic E-state index is 5.79. The molecule has 0 saturated carbocycles. The third-order valence-electron chi connectivity index (χ3n) is 3.44. The van der Waals surface area contributed by atoms with Crippen molar-refractivity contribution in [3.8, 4) is 10.7 Å². The minimum absolute atomic E-state index is 0.272. The van der Waals surface area contributed by atoms with Crippen LogP contribution in [0.15, 0.2) is 17.5 Å². The van der Waals surface area contributed by atoms with Crippen molar-refractivity contribution < 1.29 is 4.74 Å². The number of hydrogen-bond donors (Lipinski definition) is 1. The number of thiophene rings is 1. The molecule has 0 aliphatic carbocycles. The van der Waals surface area contributed by atoms with Gasteiger partial charge in [0.05, 0.1) is 24.1 Å². The molecule has 1 aliphatic rings. The van der Waals surface area contributed by atoms with Gasteiger partial charge in [0.25, 0.3) is 0 Å². The molecule has 1 fully saturated rings. The Bertz CT molecular complexity index is 553. The fourth-order valence-corrected chi connectivity index (χ4v) is 3.19. The van der Waals surface area contributed by atoms with E-state index >= 15 is 0 Å². The second-order valence-electron chi connectivity index (χ2n) is 5.57. The van der Waals surface area contributed by atoms with Crippen LogP contribution in [0.2, 0.25) is 0 Å². The van der Waals surface area contributed by atoms with Crippen LogP contribution in [0, 0.1) is 0 Å². The van der Waals surface area contributed by atoms with E-state index in [0.717, 1.165) is 49.3 Å². The molecular weight excluding hydrogens is 286 g/mol. The summed E-state index contributed by atoms with van der Waals surface area (Å²) in [6.07, 6.45) is 0.272. The number of morpholine rings is 1. The summed E-state index contributed by atoms with van der Waals surface area (Å²) >= 11 is 1.66. The van der Waals surface area contributed by atoms with Gasteiger partial charge in [0.15, 0.2) is 5.82 Å². The summed E-state index contributed by atoms with van der Waals surface area (Å²) in [7, 11) is 4.15. The quantitative estimate of drug-likeness (QED) is 0.902. The Labute approximate surface area is 128 Å². The summed E-state index contributed by atoms with van der Waals surface area (Å²) in [5.74, 6) is 1.71. The Morgan fingerprint density at radius 2 is 2.43 bits per heavy atom.